The fourth-order valence-electron chi connectivity index (χ4n) is 2.38. The smallest absolute Gasteiger partial charge is 0.0651 e. The first-order chi connectivity index (χ1) is 9.33. The molecule has 94 valence electrons. The standard InChI is InChI=1S/C18H17N/c1-14-5-4-8-16(11-12-19-14)18-10-9-15-6-2-3-7-17(15)13-18/h2-7,9-14H,8H2,1H3/b5-4-,16-11?,19-12?. The Kier molecular flexibility index (Phi) is 3.28. The van der Waals surface area contributed by atoms with Crippen LogP contribution in [0.5, 0.6) is 0 Å². The van der Waals surface area contributed by atoms with Crippen molar-refractivity contribution < 1.29 is 0 Å². The van der Waals surface area contributed by atoms with Gasteiger partial charge in [0.15, 0.2) is 0 Å². The molecule has 0 fully saturated rings. The van der Waals surface area contributed by atoms with Crippen molar-refractivity contribution in [1.82, 2.24) is 0 Å². The maximum Gasteiger partial charge on any atom is 0.0651 e. The number of fused-ring (bicyclic) bond motifs is 1. The average molecular weight is 247 g/mol. The lowest BCUT2D eigenvalue weighted by Crippen LogP contribution is -1.95. The highest BCUT2D eigenvalue weighted by molar-refractivity contribution is 5.90. The van der Waals surface area contributed by atoms with Crippen molar-refractivity contribution in [3.8, 4) is 0 Å². The van der Waals surface area contributed by atoms with Crippen LogP contribution in [0.15, 0.2) is 65.7 Å². The van der Waals surface area contributed by atoms with Crippen LogP contribution in [0.2, 0.25) is 0 Å². The average Bonchev–Trinajstić information content (AvgIpc) is 2.42. The Morgan fingerprint density at radius 3 is 2.79 bits per heavy atom. The number of hydrogen-bond acceptors (Lipinski definition) is 1. The van der Waals surface area contributed by atoms with Gasteiger partial charge in [0.25, 0.3) is 0 Å². The van der Waals surface area contributed by atoms with E-state index in [1.54, 1.807) is 0 Å². The zero-order chi connectivity index (χ0) is 13.1. The van der Waals surface area contributed by atoms with Crippen LogP contribution in [0.1, 0.15) is 18.9 Å². The van der Waals surface area contributed by atoms with Gasteiger partial charge in [-0.2, -0.15) is 0 Å². The summed E-state index contributed by atoms with van der Waals surface area (Å²) in [6.45, 7) is 2.10. The van der Waals surface area contributed by atoms with Crippen molar-refractivity contribution in [1.29, 1.82) is 0 Å². The van der Waals surface area contributed by atoms with Crippen LogP contribution in [0.4, 0.5) is 0 Å². The lowest BCUT2D eigenvalue weighted by Gasteiger charge is -2.09. The van der Waals surface area contributed by atoms with E-state index in [9.17, 15) is 0 Å². The summed E-state index contributed by atoms with van der Waals surface area (Å²) in [7, 11) is 0. The van der Waals surface area contributed by atoms with Crippen molar-refractivity contribution in [2.24, 2.45) is 4.99 Å². The molecule has 1 heterocycles. The Morgan fingerprint density at radius 1 is 1.05 bits per heavy atom. The topological polar surface area (TPSA) is 12.4 Å². The molecule has 0 aliphatic carbocycles. The third-order valence-corrected chi connectivity index (χ3v) is 3.47. The van der Waals surface area contributed by atoms with Gasteiger partial charge in [0.1, 0.15) is 0 Å². The lowest BCUT2D eigenvalue weighted by atomic mass is 9.98. The molecule has 2 aromatic rings. The van der Waals surface area contributed by atoms with E-state index in [-0.39, 0.29) is 6.04 Å². The van der Waals surface area contributed by atoms with Crippen LogP contribution < -0.4 is 0 Å². The molecule has 0 N–H and O–H groups in total. The number of nitrogens with zero attached hydrogens (tertiary/aromatic N) is 1. The van der Waals surface area contributed by atoms with Gasteiger partial charge in [0, 0.05) is 6.21 Å². The van der Waals surface area contributed by atoms with Gasteiger partial charge in [0.05, 0.1) is 6.04 Å². The van der Waals surface area contributed by atoms with E-state index < -0.39 is 0 Å². The van der Waals surface area contributed by atoms with E-state index in [2.05, 4.69) is 72.6 Å². The van der Waals surface area contributed by atoms with Crippen molar-refractivity contribution in [2.75, 3.05) is 0 Å². The second-order valence-electron chi connectivity index (χ2n) is 4.92. The molecule has 1 nitrogen and oxygen atoms in total. The predicted octanol–water partition coefficient (Wildman–Crippen LogP) is 4.64. The van der Waals surface area contributed by atoms with Crippen LogP contribution in [0, 0.1) is 0 Å². The maximum absolute atomic E-state index is 4.43. The number of allylic oxidation sites excluding steroid dienone is 3. The van der Waals surface area contributed by atoms with Gasteiger partial charge in [-0.05, 0) is 47.4 Å². The van der Waals surface area contributed by atoms with Crippen LogP contribution >= 0.6 is 0 Å². The first kappa shape index (κ1) is 11.9. The monoisotopic (exact) mass is 247 g/mol. The maximum atomic E-state index is 4.43. The van der Waals surface area contributed by atoms with Crippen molar-refractivity contribution in [3.63, 3.8) is 0 Å². The Bertz CT molecular complexity index is 677. The van der Waals surface area contributed by atoms with Crippen LogP contribution in [0.3, 0.4) is 0 Å². The highest BCUT2D eigenvalue weighted by Crippen LogP contribution is 2.24. The Morgan fingerprint density at radius 2 is 1.89 bits per heavy atom. The Labute approximate surface area is 114 Å². The molecule has 1 aliphatic rings. The van der Waals surface area contributed by atoms with Crippen LogP contribution in [-0.2, 0) is 0 Å². The van der Waals surface area contributed by atoms with Gasteiger partial charge in [0.2, 0.25) is 0 Å². The minimum Gasteiger partial charge on any atom is -0.286 e. The molecule has 0 saturated heterocycles. The molecule has 2 aromatic carbocycles. The second kappa shape index (κ2) is 5.23. The minimum atomic E-state index is 0.286. The molecule has 0 saturated carbocycles. The summed E-state index contributed by atoms with van der Waals surface area (Å²) in [4.78, 5) is 4.43. The molecular formula is C18H17N. The third kappa shape index (κ3) is 2.65. The summed E-state index contributed by atoms with van der Waals surface area (Å²) < 4.78 is 0. The molecule has 1 heteroatoms. The molecule has 0 radical (unpaired) electrons. The van der Waals surface area contributed by atoms with Gasteiger partial charge in [-0.15, -0.1) is 0 Å². The van der Waals surface area contributed by atoms with Gasteiger partial charge in [-0.25, -0.2) is 0 Å². The Hall–Kier alpha value is -2.15. The third-order valence-electron chi connectivity index (χ3n) is 3.47. The molecule has 0 bridgehead atoms. The zero-order valence-electron chi connectivity index (χ0n) is 11.1. The summed E-state index contributed by atoms with van der Waals surface area (Å²) in [5.41, 5.74) is 2.60. The summed E-state index contributed by atoms with van der Waals surface area (Å²) in [6.07, 6.45) is 9.39. The largest absolute Gasteiger partial charge is 0.286 e. The summed E-state index contributed by atoms with van der Waals surface area (Å²) in [5, 5.41) is 2.58. The SMILES string of the molecule is CC1/C=C\CC(c2ccc3ccccc3c2)=CC=N1. The number of hydrogen-bond donors (Lipinski definition) is 0. The van der Waals surface area contributed by atoms with E-state index in [0.717, 1.165) is 6.42 Å². The second-order valence-corrected chi connectivity index (χ2v) is 4.92. The molecule has 1 aliphatic heterocycles. The van der Waals surface area contributed by atoms with Gasteiger partial charge >= 0.3 is 0 Å². The molecular weight excluding hydrogens is 230 g/mol. The molecule has 1 unspecified atom stereocenters. The summed E-state index contributed by atoms with van der Waals surface area (Å²) in [6, 6.07) is 15.4. The van der Waals surface area contributed by atoms with E-state index in [0.29, 0.717) is 0 Å². The highest BCUT2D eigenvalue weighted by Gasteiger charge is 2.03. The van der Waals surface area contributed by atoms with Crippen molar-refractivity contribution >= 4 is 22.6 Å². The molecule has 0 spiro atoms. The van der Waals surface area contributed by atoms with Crippen molar-refractivity contribution in [3.05, 3.63) is 66.3 Å². The molecule has 1 atom stereocenters. The highest BCUT2D eigenvalue weighted by atomic mass is 14.7. The first-order valence-electron chi connectivity index (χ1n) is 6.71. The van der Waals surface area contributed by atoms with Gasteiger partial charge in [-0.1, -0.05) is 48.6 Å². The van der Waals surface area contributed by atoms with Crippen LogP contribution in [0.25, 0.3) is 16.3 Å². The quantitative estimate of drug-likeness (QED) is 0.651. The van der Waals surface area contributed by atoms with Gasteiger partial charge in [-0.3, -0.25) is 4.99 Å². The van der Waals surface area contributed by atoms with Crippen molar-refractivity contribution in [2.45, 2.75) is 19.4 Å². The van der Waals surface area contributed by atoms with E-state index in [1.165, 1.54) is 21.9 Å². The molecule has 19 heavy (non-hydrogen) atoms. The predicted molar refractivity (Wildman–Crippen MR) is 83.6 cm³/mol. The summed E-state index contributed by atoms with van der Waals surface area (Å²) >= 11 is 0. The number of rotatable bonds is 1. The summed E-state index contributed by atoms with van der Waals surface area (Å²) in [5.74, 6) is 0. The first-order valence-corrected chi connectivity index (χ1v) is 6.71. The Balaban J connectivity index is 2.01. The molecule has 0 amide bonds. The zero-order valence-corrected chi connectivity index (χ0v) is 11.1. The van der Waals surface area contributed by atoms with Crippen LogP contribution in [-0.4, -0.2) is 12.3 Å². The fourth-order valence-corrected chi connectivity index (χ4v) is 2.38. The normalized spacial score (nSPS) is 20.7. The van der Waals surface area contributed by atoms with Gasteiger partial charge < -0.3 is 0 Å². The van der Waals surface area contributed by atoms with E-state index in [4.69, 9.17) is 0 Å². The fraction of sp³-hybridized carbons (Fsp3) is 0.167. The number of aliphatic imine (C=N–C) groups is 1. The van der Waals surface area contributed by atoms with E-state index >= 15 is 0 Å². The number of benzene rings is 2. The lowest BCUT2D eigenvalue weighted by molar-refractivity contribution is 0.927. The van der Waals surface area contributed by atoms with E-state index in [1.807, 2.05) is 6.21 Å². The molecule has 0 aromatic heterocycles. The minimum absolute atomic E-state index is 0.286. The molecule has 3 rings (SSSR count).